The van der Waals surface area contributed by atoms with Gasteiger partial charge in [-0.05, 0) is 19.1 Å². The summed E-state index contributed by atoms with van der Waals surface area (Å²) < 4.78 is 0. The molecule has 0 aliphatic rings. The van der Waals surface area contributed by atoms with Gasteiger partial charge in [-0.1, -0.05) is 6.92 Å². The van der Waals surface area contributed by atoms with Crippen molar-refractivity contribution in [1.29, 1.82) is 0 Å². The van der Waals surface area contributed by atoms with Crippen molar-refractivity contribution < 1.29 is 9.59 Å². The van der Waals surface area contributed by atoms with Crippen LogP contribution in [0.3, 0.4) is 0 Å². The summed E-state index contributed by atoms with van der Waals surface area (Å²) in [5, 5.41) is 5.40. The van der Waals surface area contributed by atoms with Crippen molar-refractivity contribution in [3.05, 3.63) is 24.5 Å². The van der Waals surface area contributed by atoms with E-state index < -0.39 is 0 Å². The van der Waals surface area contributed by atoms with E-state index >= 15 is 0 Å². The number of nitrogens with two attached hydrogens (primary N) is 1. The van der Waals surface area contributed by atoms with E-state index in [0.29, 0.717) is 12.2 Å². The van der Waals surface area contributed by atoms with Crippen molar-refractivity contribution in [2.45, 2.75) is 26.3 Å². The molecule has 1 rings (SSSR count). The lowest BCUT2D eigenvalue weighted by atomic mass is 10.0. The molecule has 0 spiro atoms. The first kappa shape index (κ1) is 15.1. The van der Waals surface area contributed by atoms with E-state index in [2.05, 4.69) is 15.6 Å². The lowest BCUT2D eigenvalue weighted by Crippen LogP contribution is -2.39. The van der Waals surface area contributed by atoms with Gasteiger partial charge in [0.05, 0.1) is 0 Å². The van der Waals surface area contributed by atoms with Gasteiger partial charge in [0.15, 0.2) is 0 Å². The number of carbonyl (C=O) groups is 2. The molecule has 104 valence electrons. The summed E-state index contributed by atoms with van der Waals surface area (Å²) in [6.45, 7) is 3.84. The van der Waals surface area contributed by atoms with Gasteiger partial charge in [0.2, 0.25) is 11.8 Å². The topological polar surface area (TPSA) is 97.1 Å². The summed E-state index contributed by atoms with van der Waals surface area (Å²) in [6, 6.07) is 3.20. The van der Waals surface area contributed by atoms with Crippen LogP contribution in [0.25, 0.3) is 0 Å². The largest absolute Gasteiger partial charge is 0.355 e. The first-order chi connectivity index (χ1) is 9.00. The van der Waals surface area contributed by atoms with Crippen LogP contribution < -0.4 is 16.4 Å². The second-order valence-corrected chi connectivity index (χ2v) is 4.47. The monoisotopic (exact) mass is 264 g/mol. The summed E-state index contributed by atoms with van der Waals surface area (Å²) >= 11 is 0. The summed E-state index contributed by atoms with van der Waals surface area (Å²) in [5.74, 6) is -0.546. The average molecular weight is 264 g/mol. The molecule has 6 heteroatoms. The fourth-order valence-electron chi connectivity index (χ4n) is 1.36. The third kappa shape index (κ3) is 5.48. The van der Waals surface area contributed by atoms with Crippen LogP contribution >= 0.6 is 0 Å². The zero-order valence-corrected chi connectivity index (χ0v) is 11.2. The molecule has 2 atom stereocenters. The van der Waals surface area contributed by atoms with Crippen molar-refractivity contribution in [3.8, 4) is 0 Å². The number of aromatic nitrogens is 1. The minimum Gasteiger partial charge on any atom is -0.355 e. The van der Waals surface area contributed by atoms with E-state index in [1.807, 2.05) is 0 Å². The SMILES string of the molecule is CC(N)C(C)C(=O)NCCC(=O)Nc1ccncc1. The van der Waals surface area contributed by atoms with Crippen molar-refractivity contribution in [2.75, 3.05) is 11.9 Å². The summed E-state index contributed by atoms with van der Waals surface area (Å²) in [7, 11) is 0. The number of pyridine rings is 1. The fourth-order valence-corrected chi connectivity index (χ4v) is 1.36. The molecule has 0 fully saturated rings. The van der Waals surface area contributed by atoms with Gasteiger partial charge in [0.25, 0.3) is 0 Å². The maximum absolute atomic E-state index is 11.6. The predicted octanol–water partition coefficient (Wildman–Crippen LogP) is 0.510. The molecule has 0 aliphatic carbocycles. The van der Waals surface area contributed by atoms with Gasteiger partial charge in [-0.25, -0.2) is 0 Å². The molecule has 1 heterocycles. The van der Waals surface area contributed by atoms with E-state index in [4.69, 9.17) is 5.73 Å². The number of rotatable bonds is 6. The number of anilines is 1. The fraction of sp³-hybridized carbons (Fsp3) is 0.462. The Hall–Kier alpha value is -1.95. The van der Waals surface area contributed by atoms with Crippen LogP contribution in [-0.2, 0) is 9.59 Å². The average Bonchev–Trinajstić information content (AvgIpc) is 2.38. The van der Waals surface area contributed by atoms with Gasteiger partial charge >= 0.3 is 0 Å². The van der Waals surface area contributed by atoms with Crippen LogP contribution in [0.4, 0.5) is 5.69 Å². The van der Waals surface area contributed by atoms with Crippen LogP contribution in [0.2, 0.25) is 0 Å². The molecular formula is C13H20N4O2. The van der Waals surface area contributed by atoms with Crippen LogP contribution in [-0.4, -0.2) is 29.4 Å². The Bertz CT molecular complexity index is 420. The lowest BCUT2D eigenvalue weighted by Gasteiger charge is -2.15. The Morgan fingerprint density at radius 2 is 1.95 bits per heavy atom. The highest BCUT2D eigenvalue weighted by atomic mass is 16.2. The normalized spacial score (nSPS) is 13.4. The maximum Gasteiger partial charge on any atom is 0.226 e. The molecule has 0 aromatic carbocycles. The van der Waals surface area contributed by atoms with Gasteiger partial charge in [0.1, 0.15) is 0 Å². The van der Waals surface area contributed by atoms with Gasteiger partial charge in [-0.15, -0.1) is 0 Å². The molecular weight excluding hydrogens is 244 g/mol. The van der Waals surface area contributed by atoms with Crippen molar-refractivity contribution in [2.24, 2.45) is 11.7 Å². The molecule has 19 heavy (non-hydrogen) atoms. The summed E-state index contributed by atoms with van der Waals surface area (Å²) in [4.78, 5) is 27.0. The number of nitrogens with one attached hydrogen (secondary N) is 2. The molecule has 0 bridgehead atoms. The third-order valence-electron chi connectivity index (χ3n) is 2.82. The molecule has 0 saturated heterocycles. The van der Waals surface area contributed by atoms with Crippen LogP contribution in [0.5, 0.6) is 0 Å². The Labute approximate surface area is 112 Å². The molecule has 0 aliphatic heterocycles. The van der Waals surface area contributed by atoms with Crippen molar-refractivity contribution in [1.82, 2.24) is 10.3 Å². The van der Waals surface area contributed by atoms with Crippen molar-refractivity contribution >= 4 is 17.5 Å². The van der Waals surface area contributed by atoms with Gasteiger partial charge in [-0.2, -0.15) is 0 Å². The standard InChI is InChI=1S/C13H20N4O2/c1-9(10(2)14)13(19)16-8-5-12(18)17-11-3-6-15-7-4-11/h3-4,6-7,9-10H,5,8,14H2,1-2H3,(H,16,19)(H,15,17,18). The quantitative estimate of drug-likeness (QED) is 0.697. The smallest absolute Gasteiger partial charge is 0.226 e. The summed E-state index contributed by atoms with van der Waals surface area (Å²) in [6.07, 6.45) is 3.42. The van der Waals surface area contributed by atoms with Crippen molar-refractivity contribution in [3.63, 3.8) is 0 Å². The van der Waals surface area contributed by atoms with Gasteiger partial charge in [-0.3, -0.25) is 14.6 Å². The predicted molar refractivity (Wildman–Crippen MR) is 73.3 cm³/mol. The zero-order chi connectivity index (χ0) is 14.3. The Balaban J connectivity index is 2.26. The Morgan fingerprint density at radius 3 is 2.53 bits per heavy atom. The minimum absolute atomic E-state index is 0.133. The third-order valence-corrected chi connectivity index (χ3v) is 2.82. The molecule has 0 radical (unpaired) electrons. The molecule has 2 amide bonds. The Morgan fingerprint density at radius 1 is 1.32 bits per heavy atom. The summed E-state index contributed by atoms with van der Waals surface area (Å²) in [5.41, 5.74) is 6.31. The number of nitrogens with zero attached hydrogens (tertiary/aromatic N) is 1. The van der Waals surface area contributed by atoms with Crippen LogP contribution in [0, 0.1) is 5.92 Å². The van der Waals surface area contributed by atoms with E-state index in [-0.39, 0.29) is 30.2 Å². The lowest BCUT2D eigenvalue weighted by molar-refractivity contribution is -0.125. The number of hydrogen-bond donors (Lipinski definition) is 3. The van der Waals surface area contributed by atoms with E-state index in [9.17, 15) is 9.59 Å². The van der Waals surface area contributed by atoms with Crippen LogP contribution in [0.15, 0.2) is 24.5 Å². The van der Waals surface area contributed by atoms with Crippen LogP contribution in [0.1, 0.15) is 20.3 Å². The van der Waals surface area contributed by atoms with Gasteiger partial charge in [0, 0.05) is 43.0 Å². The first-order valence-electron chi connectivity index (χ1n) is 6.24. The highest BCUT2D eigenvalue weighted by Gasteiger charge is 2.16. The molecule has 2 unspecified atom stereocenters. The second-order valence-electron chi connectivity index (χ2n) is 4.47. The number of hydrogen-bond acceptors (Lipinski definition) is 4. The molecule has 4 N–H and O–H groups in total. The highest BCUT2D eigenvalue weighted by molar-refractivity contribution is 5.91. The number of amides is 2. The van der Waals surface area contributed by atoms with E-state index in [0.717, 1.165) is 0 Å². The Kier molecular flexibility index (Phi) is 5.95. The molecule has 6 nitrogen and oxygen atoms in total. The van der Waals surface area contributed by atoms with E-state index in [1.165, 1.54) is 0 Å². The minimum atomic E-state index is -0.261. The molecule has 1 aromatic rings. The maximum atomic E-state index is 11.6. The first-order valence-corrected chi connectivity index (χ1v) is 6.24. The highest BCUT2D eigenvalue weighted by Crippen LogP contribution is 2.03. The number of carbonyl (C=O) groups excluding carboxylic acids is 2. The van der Waals surface area contributed by atoms with E-state index in [1.54, 1.807) is 38.4 Å². The zero-order valence-electron chi connectivity index (χ0n) is 11.2. The second kappa shape index (κ2) is 7.48. The molecule has 1 aromatic heterocycles. The molecule has 0 saturated carbocycles. The van der Waals surface area contributed by atoms with Gasteiger partial charge < -0.3 is 16.4 Å².